The van der Waals surface area contributed by atoms with Crippen LogP contribution in [0.15, 0.2) is 18.2 Å². The highest BCUT2D eigenvalue weighted by Crippen LogP contribution is 2.24. The Labute approximate surface area is 107 Å². The monoisotopic (exact) mass is 248 g/mol. The van der Waals surface area contributed by atoms with Gasteiger partial charge in [0, 0.05) is 25.3 Å². The molecule has 0 bridgehead atoms. The summed E-state index contributed by atoms with van der Waals surface area (Å²) in [6.45, 7) is 0.912. The predicted molar refractivity (Wildman–Crippen MR) is 71.4 cm³/mol. The lowest BCUT2D eigenvalue weighted by molar-refractivity contribution is -0.123. The topological polar surface area (TPSA) is 66.6 Å². The second-order valence-electron chi connectivity index (χ2n) is 4.95. The summed E-state index contributed by atoms with van der Waals surface area (Å²) in [4.78, 5) is 14.2. The zero-order valence-corrected chi connectivity index (χ0v) is 10.7. The Balaban J connectivity index is 2.13. The molecule has 0 radical (unpaired) electrons. The number of carbonyl (C=O) groups is 1. The number of ketones is 1. The number of nitrogens with zero attached hydrogens (tertiary/aromatic N) is 1. The third-order valence-corrected chi connectivity index (χ3v) is 3.58. The Morgan fingerprint density at radius 2 is 2.22 bits per heavy atom. The third-order valence-electron chi connectivity index (χ3n) is 3.58. The van der Waals surface area contributed by atoms with Gasteiger partial charge >= 0.3 is 0 Å². The number of rotatable bonds is 4. The van der Waals surface area contributed by atoms with Gasteiger partial charge in [0.2, 0.25) is 0 Å². The number of anilines is 1. The van der Waals surface area contributed by atoms with Crippen molar-refractivity contribution >= 4 is 11.5 Å². The summed E-state index contributed by atoms with van der Waals surface area (Å²) in [5.41, 5.74) is 8.73. The van der Waals surface area contributed by atoms with Crippen molar-refractivity contribution in [1.29, 1.82) is 0 Å². The van der Waals surface area contributed by atoms with Gasteiger partial charge < -0.3 is 10.8 Å². The van der Waals surface area contributed by atoms with Crippen LogP contribution in [0.2, 0.25) is 0 Å². The van der Waals surface area contributed by atoms with Gasteiger partial charge in [0.05, 0.1) is 6.04 Å². The molecule has 4 heteroatoms. The SMILES string of the molecule is CN(CCCO)C1Cc2ccc(N)cc2CC1=O. The third kappa shape index (κ3) is 2.71. The number of nitrogens with two attached hydrogens (primary N) is 1. The summed E-state index contributed by atoms with van der Waals surface area (Å²) in [7, 11) is 1.94. The lowest BCUT2D eigenvalue weighted by Gasteiger charge is -2.31. The molecule has 18 heavy (non-hydrogen) atoms. The van der Waals surface area contributed by atoms with Crippen LogP contribution in [-0.2, 0) is 17.6 Å². The molecule has 1 unspecified atom stereocenters. The highest BCUT2D eigenvalue weighted by Gasteiger charge is 2.28. The Bertz CT molecular complexity index is 445. The largest absolute Gasteiger partial charge is 0.399 e. The van der Waals surface area contributed by atoms with Crippen molar-refractivity contribution in [3.63, 3.8) is 0 Å². The number of Topliss-reactive ketones (excluding diaryl/α,β-unsaturated/α-hetero) is 1. The minimum Gasteiger partial charge on any atom is -0.399 e. The molecule has 0 fully saturated rings. The molecule has 3 N–H and O–H groups in total. The molecule has 1 aliphatic rings. The maximum atomic E-state index is 12.1. The van der Waals surface area contributed by atoms with Gasteiger partial charge in [0.1, 0.15) is 0 Å². The number of hydrogen-bond acceptors (Lipinski definition) is 4. The smallest absolute Gasteiger partial charge is 0.154 e. The molecule has 0 saturated carbocycles. The van der Waals surface area contributed by atoms with E-state index in [1.165, 1.54) is 5.56 Å². The fourth-order valence-electron chi connectivity index (χ4n) is 2.51. The summed E-state index contributed by atoms with van der Waals surface area (Å²) in [6.07, 6.45) is 1.92. The summed E-state index contributed by atoms with van der Waals surface area (Å²) in [5.74, 6) is 0.244. The second kappa shape index (κ2) is 5.50. The minimum atomic E-state index is -0.0623. The number of aliphatic hydroxyl groups excluding tert-OH is 1. The van der Waals surface area contributed by atoms with E-state index in [4.69, 9.17) is 10.8 Å². The van der Waals surface area contributed by atoms with Crippen LogP contribution in [0.1, 0.15) is 17.5 Å². The van der Waals surface area contributed by atoms with Gasteiger partial charge in [-0.15, -0.1) is 0 Å². The van der Waals surface area contributed by atoms with Crippen LogP contribution in [0.4, 0.5) is 5.69 Å². The van der Waals surface area contributed by atoms with Crippen molar-refractivity contribution < 1.29 is 9.90 Å². The standard InChI is InChI=1S/C14H20N2O2/c1-16(5-2-6-17)13-8-10-3-4-12(15)7-11(10)9-14(13)18/h3-4,7,13,17H,2,5-6,8-9,15H2,1H3. The lowest BCUT2D eigenvalue weighted by atomic mass is 9.86. The van der Waals surface area contributed by atoms with E-state index in [9.17, 15) is 4.79 Å². The number of hydrogen-bond donors (Lipinski definition) is 2. The first-order valence-electron chi connectivity index (χ1n) is 6.33. The molecule has 0 amide bonds. The highest BCUT2D eigenvalue weighted by molar-refractivity contribution is 5.88. The van der Waals surface area contributed by atoms with Crippen LogP contribution in [0.25, 0.3) is 0 Å². The van der Waals surface area contributed by atoms with Crippen LogP contribution in [-0.4, -0.2) is 42.0 Å². The van der Waals surface area contributed by atoms with E-state index in [1.54, 1.807) is 0 Å². The van der Waals surface area contributed by atoms with Crippen molar-refractivity contribution in [2.45, 2.75) is 25.3 Å². The maximum absolute atomic E-state index is 12.1. The van der Waals surface area contributed by atoms with E-state index < -0.39 is 0 Å². The first-order chi connectivity index (χ1) is 8.61. The van der Waals surface area contributed by atoms with Gasteiger partial charge in [-0.3, -0.25) is 9.69 Å². The first-order valence-corrected chi connectivity index (χ1v) is 6.33. The fraction of sp³-hybridized carbons (Fsp3) is 0.500. The van der Waals surface area contributed by atoms with Crippen molar-refractivity contribution in [3.05, 3.63) is 29.3 Å². The van der Waals surface area contributed by atoms with Gasteiger partial charge in [0.25, 0.3) is 0 Å². The van der Waals surface area contributed by atoms with E-state index in [1.807, 2.05) is 30.1 Å². The van der Waals surface area contributed by atoms with E-state index in [2.05, 4.69) is 0 Å². The quantitative estimate of drug-likeness (QED) is 0.767. The average molecular weight is 248 g/mol. The first kappa shape index (κ1) is 13.1. The van der Waals surface area contributed by atoms with Gasteiger partial charge in [-0.2, -0.15) is 0 Å². The Morgan fingerprint density at radius 1 is 1.44 bits per heavy atom. The van der Waals surface area contributed by atoms with Gasteiger partial charge in [-0.25, -0.2) is 0 Å². The minimum absolute atomic E-state index is 0.0623. The van der Waals surface area contributed by atoms with Crippen molar-refractivity contribution in [2.24, 2.45) is 0 Å². The van der Waals surface area contributed by atoms with Crippen molar-refractivity contribution in [2.75, 3.05) is 25.9 Å². The number of carbonyl (C=O) groups excluding carboxylic acids is 1. The molecular weight excluding hydrogens is 228 g/mol. The zero-order chi connectivity index (χ0) is 13.1. The summed E-state index contributed by atoms with van der Waals surface area (Å²) >= 11 is 0. The molecule has 0 saturated heterocycles. The van der Waals surface area contributed by atoms with E-state index in [0.717, 1.165) is 18.5 Å². The number of nitrogen functional groups attached to an aromatic ring is 1. The van der Waals surface area contributed by atoms with Crippen LogP contribution >= 0.6 is 0 Å². The van der Waals surface area contributed by atoms with Crippen LogP contribution in [0, 0.1) is 0 Å². The lowest BCUT2D eigenvalue weighted by Crippen LogP contribution is -2.44. The van der Waals surface area contributed by atoms with Gasteiger partial charge in [-0.05, 0) is 43.1 Å². The molecule has 0 aliphatic heterocycles. The van der Waals surface area contributed by atoms with E-state index >= 15 is 0 Å². The maximum Gasteiger partial charge on any atom is 0.154 e. The highest BCUT2D eigenvalue weighted by atomic mass is 16.3. The zero-order valence-electron chi connectivity index (χ0n) is 10.7. The molecule has 2 rings (SSSR count). The molecule has 1 aromatic carbocycles. The number of likely N-dealkylation sites (N-methyl/N-ethyl adjacent to an activating group) is 1. The molecular formula is C14H20N2O2. The van der Waals surface area contributed by atoms with Crippen molar-refractivity contribution in [1.82, 2.24) is 4.90 Å². The second-order valence-corrected chi connectivity index (χ2v) is 4.95. The average Bonchev–Trinajstić information content (AvgIpc) is 2.35. The molecule has 98 valence electrons. The molecule has 0 spiro atoms. The number of fused-ring (bicyclic) bond motifs is 1. The Kier molecular flexibility index (Phi) is 3.99. The van der Waals surface area contributed by atoms with Crippen molar-refractivity contribution in [3.8, 4) is 0 Å². The molecule has 1 atom stereocenters. The van der Waals surface area contributed by atoms with E-state index in [0.29, 0.717) is 18.5 Å². The number of benzene rings is 1. The summed E-state index contributed by atoms with van der Waals surface area (Å²) in [6, 6.07) is 5.74. The summed E-state index contributed by atoms with van der Waals surface area (Å²) < 4.78 is 0. The summed E-state index contributed by atoms with van der Waals surface area (Å²) in [5, 5.41) is 8.84. The Morgan fingerprint density at radius 3 is 2.94 bits per heavy atom. The molecule has 0 aromatic heterocycles. The van der Waals surface area contributed by atoms with Crippen LogP contribution < -0.4 is 5.73 Å². The predicted octanol–water partition coefficient (Wildman–Crippen LogP) is 0.619. The van der Waals surface area contributed by atoms with E-state index in [-0.39, 0.29) is 18.4 Å². The fourth-order valence-corrected chi connectivity index (χ4v) is 2.51. The van der Waals surface area contributed by atoms with Gasteiger partial charge in [-0.1, -0.05) is 6.07 Å². The number of aliphatic hydroxyl groups is 1. The molecule has 4 nitrogen and oxygen atoms in total. The molecule has 0 heterocycles. The van der Waals surface area contributed by atoms with Crippen LogP contribution in [0.3, 0.4) is 0 Å². The molecule has 1 aliphatic carbocycles. The Hall–Kier alpha value is -1.39. The molecule has 1 aromatic rings. The normalized spacial score (nSPS) is 19.1. The van der Waals surface area contributed by atoms with Crippen LogP contribution in [0.5, 0.6) is 0 Å². The van der Waals surface area contributed by atoms with Gasteiger partial charge in [0.15, 0.2) is 5.78 Å².